The van der Waals surface area contributed by atoms with Crippen LogP contribution in [-0.2, 0) is 26.2 Å². The molecule has 0 spiro atoms. The fourth-order valence-electron chi connectivity index (χ4n) is 7.10. The van der Waals surface area contributed by atoms with Crippen LogP contribution in [0.25, 0.3) is 11.1 Å². The third-order valence-corrected chi connectivity index (χ3v) is 10.1. The van der Waals surface area contributed by atoms with Crippen molar-refractivity contribution in [3.05, 3.63) is 87.7 Å². The lowest BCUT2D eigenvalue weighted by Gasteiger charge is -2.30. The predicted molar refractivity (Wildman–Crippen MR) is 195 cm³/mol. The van der Waals surface area contributed by atoms with Gasteiger partial charge in [-0.2, -0.15) is 0 Å². The van der Waals surface area contributed by atoms with E-state index in [1.54, 1.807) is 7.11 Å². The predicted octanol–water partition coefficient (Wildman–Crippen LogP) is 6.19. The molecule has 0 aliphatic carbocycles. The van der Waals surface area contributed by atoms with E-state index in [9.17, 15) is 10.2 Å². The minimum atomic E-state index is -0.288. The van der Waals surface area contributed by atoms with Crippen molar-refractivity contribution >= 4 is 11.6 Å². The molecule has 0 amide bonds. The summed E-state index contributed by atoms with van der Waals surface area (Å²) in [7, 11) is 1.66. The first-order valence-electron chi connectivity index (χ1n) is 17.8. The van der Waals surface area contributed by atoms with Crippen molar-refractivity contribution in [3.63, 3.8) is 0 Å². The van der Waals surface area contributed by atoms with Crippen LogP contribution in [0.4, 0.5) is 0 Å². The van der Waals surface area contributed by atoms with E-state index in [-0.39, 0.29) is 12.2 Å². The molecular formula is C39H50ClN5O5. The summed E-state index contributed by atoms with van der Waals surface area (Å²) in [5.74, 6) is 2.17. The molecule has 3 aromatic carbocycles. The van der Waals surface area contributed by atoms with Crippen molar-refractivity contribution in [1.82, 2.24) is 24.8 Å². The lowest BCUT2D eigenvalue weighted by Crippen LogP contribution is -2.37. The number of hydrogen-bond acceptors (Lipinski definition) is 9. The number of nitrogens with zero attached hydrogens (tertiary/aromatic N) is 5. The zero-order valence-electron chi connectivity index (χ0n) is 29.5. The van der Waals surface area contributed by atoms with Crippen molar-refractivity contribution in [2.75, 3.05) is 39.9 Å². The largest absolute Gasteiger partial charge is 0.496 e. The van der Waals surface area contributed by atoms with Crippen molar-refractivity contribution in [1.29, 1.82) is 0 Å². The van der Waals surface area contributed by atoms with Gasteiger partial charge >= 0.3 is 0 Å². The smallest absolute Gasteiger partial charge is 0.142 e. The number of piperidine rings is 2. The summed E-state index contributed by atoms with van der Waals surface area (Å²) in [6, 6.07) is 16.3. The highest BCUT2D eigenvalue weighted by molar-refractivity contribution is 6.32. The summed E-state index contributed by atoms with van der Waals surface area (Å²) < 4.78 is 20.1. The van der Waals surface area contributed by atoms with Gasteiger partial charge in [0.1, 0.15) is 23.9 Å². The van der Waals surface area contributed by atoms with Gasteiger partial charge in [-0.25, -0.2) is 0 Å². The number of aliphatic hydroxyl groups is 2. The summed E-state index contributed by atoms with van der Waals surface area (Å²) >= 11 is 6.72. The third-order valence-electron chi connectivity index (χ3n) is 9.85. The molecule has 3 heterocycles. The average molecular weight is 704 g/mol. The zero-order valence-corrected chi connectivity index (χ0v) is 30.2. The molecule has 0 radical (unpaired) electrons. The fraction of sp³-hybridized carbons (Fsp3) is 0.487. The number of ether oxygens (including phenoxy) is 3. The second-order valence-corrected chi connectivity index (χ2v) is 14.0. The Kier molecular flexibility index (Phi) is 12.3. The zero-order chi connectivity index (χ0) is 35.0. The monoisotopic (exact) mass is 703 g/mol. The maximum atomic E-state index is 10.1. The van der Waals surface area contributed by atoms with Crippen LogP contribution >= 0.6 is 11.6 Å². The number of methoxy groups -OCH3 is 1. The number of aliphatic hydroxyl groups excluding tert-OH is 2. The van der Waals surface area contributed by atoms with Crippen LogP contribution in [0.1, 0.15) is 60.1 Å². The van der Waals surface area contributed by atoms with E-state index in [0.717, 1.165) is 102 Å². The highest BCUT2D eigenvalue weighted by Crippen LogP contribution is 2.36. The molecule has 4 aromatic rings. The van der Waals surface area contributed by atoms with Gasteiger partial charge in [0.15, 0.2) is 0 Å². The Morgan fingerprint density at radius 2 is 1.52 bits per heavy atom. The second-order valence-electron chi connectivity index (χ2n) is 13.6. The Morgan fingerprint density at radius 3 is 2.24 bits per heavy atom. The molecule has 2 atom stereocenters. The summed E-state index contributed by atoms with van der Waals surface area (Å²) in [4.78, 5) is 4.47. The molecule has 6 rings (SSSR count). The average Bonchev–Trinajstić information content (AvgIpc) is 3.54. The number of aromatic nitrogens is 3. The van der Waals surface area contributed by atoms with Crippen molar-refractivity contribution < 1.29 is 24.4 Å². The topological polar surface area (TPSA) is 105 Å². The number of β-amino-alcohol motifs (C(OH)–C–C–N with tert-alkyl or cyclic N) is 2. The number of rotatable bonds is 14. The Morgan fingerprint density at radius 1 is 0.820 bits per heavy atom. The molecule has 2 fully saturated rings. The van der Waals surface area contributed by atoms with Gasteiger partial charge in [-0.1, -0.05) is 47.1 Å². The summed E-state index contributed by atoms with van der Waals surface area (Å²) in [5.41, 5.74) is 7.46. The van der Waals surface area contributed by atoms with E-state index in [2.05, 4.69) is 58.2 Å². The van der Waals surface area contributed by atoms with Gasteiger partial charge in [0.2, 0.25) is 0 Å². The molecule has 2 N–H and O–H groups in total. The first-order chi connectivity index (χ1) is 24.3. The van der Waals surface area contributed by atoms with Gasteiger partial charge < -0.3 is 24.4 Å². The van der Waals surface area contributed by atoms with Crippen LogP contribution in [0.15, 0.2) is 54.7 Å². The standard InChI is InChI=1S/C39H50ClN5O5/c1-27-29(26-50-39-20-38(48-3)30(19-36(39)40)21-43-15-6-10-32(46)24-43)9-4-12-34(27)35-13-5-14-37(28(35)2)49-18-8-17-45-23-31(41-42-45)22-44-16-7-11-33(47)25-44/h4-5,9,12-14,19-20,23,32-33,46-47H,6-8,10-11,15-18,21-22,24-26H2,1-3H3/t32-,33-/m1/s1. The van der Waals surface area contributed by atoms with E-state index in [1.807, 2.05) is 35.1 Å². The molecule has 50 heavy (non-hydrogen) atoms. The van der Waals surface area contributed by atoms with Crippen LogP contribution < -0.4 is 14.2 Å². The molecule has 0 unspecified atom stereocenters. The molecule has 268 valence electrons. The number of benzene rings is 3. The molecule has 1 aromatic heterocycles. The van der Waals surface area contributed by atoms with Crippen molar-refractivity contribution in [3.8, 4) is 28.4 Å². The lowest BCUT2D eigenvalue weighted by molar-refractivity contribution is 0.0660. The molecule has 0 saturated carbocycles. The van der Waals surface area contributed by atoms with E-state index in [0.29, 0.717) is 50.2 Å². The molecule has 11 heteroatoms. The summed E-state index contributed by atoms with van der Waals surface area (Å²) in [6.07, 6.45) is 5.98. The molecule has 2 aliphatic rings. The van der Waals surface area contributed by atoms with Crippen LogP contribution in [0.5, 0.6) is 17.2 Å². The van der Waals surface area contributed by atoms with Gasteiger partial charge in [-0.3, -0.25) is 14.5 Å². The Bertz CT molecular complexity index is 1730. The minimum Gasteiger partial charge on any atom is -0.496 e. The number of halogens is 1. The molecule has 0 bridgehead atoms. The molecule has 2 aliphatic heterocycles. The van der Waals surface area contributed by atoms with Crippen LogP contribution in [-0.4, -0.2) is 87.1 Å². The Hall–Kier alpha value is -3.67. The maximum Gasteiger partial charge on any atom is 0.142 e. The van der Waals surface area contributed by atoms with Crippen molar-refractivity contribution in [2.45, 2.75) is 84.4 Å². The van der Waals surface area contributed by atoms with Crippen molar-refractivity contribution in [2.24, 2.45) is 0 Å². The summed E-state index contributed by atoms with van der Waals surface area (Å²) in [6.45, 7) is 10.5. The SMILES string of the molecule is COc1cc(OCc2cccc(-c3cccc(OCCCn4cc(CN5CCC[C@@H](O)C5)nn4)c3C)c2C)c(Cl)cc1CN1CCC[C@@H](O)C1. The number of hydrogen-bond donors (Lipinski definition) is 2. The number of likely N-dealkylation sites (tertiary alicyclic amines) is 2. The quantitative estimate of drug-likeness (QED) is 0.149. The van der Waals surface area contributed by atoms with E-state index in [4.69, 9.17) is 25.8 Å². The number of aryl methyl sites for hydroxylation is 1. The molecule has 10 nitrogen and oxygen atoms in total. The fourth-order valence-corrected chi connectivity index (χ4v) is 7.34. The Balaban J connectivity index is 1.05. The van der Waals surface area contributed by atoms with E-state index in [1.165, 1.54) is 0 Å². The van der Waals surface area contributed by atoms with Gasteiger partial charge in [0.25, 0.3) is 0 Å². The Labute approximate surface area is 300 Å². The first-order valence-corrected chi connectivity index (χ1v) is 18.2. The third kappa shape index (κ3) is 9.16. The first kappa shape index (κ1) is 36.1. The van der Waals surface area contributed by atoms with Gasteiger partial charge in [-0.15, -0.1) is 5.10 Å². The molecule has 2 saturated heterocycles. The van der Waals surface area contributed by atoms with Crippen LogP contribution in [0, 0.1) is 13.8 Å². The van der Waals surface area contributed by atoms with Gasteiger partial charge in [0.05, 0.1) is 36.6 Å². The lowest BCUT2D eigenvalue weighted by atomic mass is 9.93. The van der Waals surface area contributed by atoms with Gasteiger partial charge in [-0.05, 0) is 92.6 Å². The normalized spacial score (nSPS) is 18.7. The highest BCUT2D eigenvalue weighted by Gasteiger charge is 2.21. The van der Waals surface area contributed by atoms with Gasteiger partial charge in [0, 0.05) is 57.0 Å². The van der Waals surface area contributed by atoms with Crippen LogP contribution in [0.2, 0.25) is 5.02 Å². The van der Waals surface area contributed by atoms with E-state index < -0.39 is 0 Å². The maximum absolute atomic E-state index is 10.1. The second kappa shape index (κ2) is 17.0. The minimum absolute atomic E-state index is 0.245. The highest BCUT2D eigenvalue weighted by atomic mass is 35.5. The van der Waals surface area contributed by atoms with Crippen LogP contribution in [0.3, 0.4) is 0 Å². The molecular weight excluding hydrogens is 654 g/mol. The summed E-state index contributed by atoms with van der Waals surface area (Å²) in [5, 5.41) is 29.2. The van der Waals surface area contributed by atoms with E-state index >= 15 is 0 Å².